The number of benzene rings is 1. The van der Waals surface area contributed by atoms with Crippen molar-refractivity contribution in [3.05, 3.63) is 21.5 Å². The molecule has 1 aliphatic rings. The maximum Gasteiger partial charge on any atom is 0.313 e. The number of nitrogens with zero attached hydrogens (tertiary/aromatic N) is 2. The van der Waals surface area contributed by atoms with Crippen LogP contribution >= 0.6 is 34.4 Å². The minimum absolute atomic E-state index is 0.0427. The molecule has 0 unspecified atom stereocenters. The largest absolute Gasteiger partial charge is 0.481 e. The number of carboxylic acid groups (broad SMARTS) is 1. The molecule has 0 aliphatic heterocycles. The minimum atomic E-state index is -0.879. The fourth-order valence-electron chi connectivity index (χ4n) is 2.20. The lowest BCUT2D eigenvalue weighted by atomic mass is 10.2. The normalized spacial score (nSPS) is 16.6. The average molecular weight is 406 g/mol. The molecule has 1 fully saturated rings. The van der Waals surface area contributed by atoms with E-state index in [9.17, 15) is 9.18 Å². The number of halogens is 2. The first kappa shape index (κ1) is 14.1. The Labute approximate surface area is 132 Å². The summed E-state index contributed by atoms with van der Waals surface area (Å²) >= 11 is 3.12. The summed E-state index contributed by atoms with van der Waals surface area (Å²) in [7, 11) is 0. The zero-order valence-corrected chi connectivity index (χ0v) is 13.7. The van der Waals surface area contributed by atoms with Crippen molar-refractivity contribution in [3.8, 4) is 0 Å². The third-order valence-electron chi connectivity index (χ3n) is 3.50. The van der Waals surface area contributed by atoms with Crippen LogP contribution in [0.5, 0.6) is 0 Å². The van der Waals surface area contributed by atoms with Crippen LogP contribution in [0.1, 0.15) is 19.8 Å². The van der Waals surface area contributed by atoms with Gasteiger partial charge in [0.15, 0.2) is 5.16 Å². The Morgan fingerprint density at radius 2 is 2.30 bits per heavy atom. The average Bonchev–Trinajstić information content (AvgIpc) is 3.00. The summed E-state index contributed by atoms with van der Waals surface area (Å²) in [6.45, 7) is 2.09. The molecule has 1 saturated carbocycles. The van der Waals surface area contributed by atoms with Crippen LogP contribution in [0.3, 0.4) is 0 Å². The number of fused-ring (bicyclic) bond motifs is 1. The summed E-state index contributed by atoms with van der Waals surface area (Å²) in [6.07, 6.45) is 2.01. The third-order valence-corrected chi connectivity index (χ3v) is 5.25. The van der Waals surface area contributed by atoms with Crippen molar-refractivity contribution >= 4 is 51.4 Å². The molecule has 2 aromatic rings. The van der Waals surface area contributed by atoms with Gasteiger partial charge in [-0.3, -0.25) is 4.79 Å². The predicted molar refractivity (Wildman–Crippen MR) is 83.6 cm³/mol. The van der Waals surface area contributed by atoms with Gasteiger partial charge in [-0.25, -0.2) is 9.37 Å². The first-order valence-electron chi connectivity index (χ1n) is 6.13. The van der Waals surface area contributed by atoms with E-state index in [1.807, 2.05) is 27.2 Å². The van der Waals surface area contributed by atoms with Gasteiger partial charge < -0.3 is 9.67 Å². The molecule has 7 heteroatoms. The van der Waals surface area contributed by atoms with Crippen molar-refractivity contribution in [2.24, 2.45) is 0 Å². The van der Waals surface area contributed by atoms with Crippen molar-refractivity contribution in [1.29, 1.82) is 0 Å². The van der Waals surface area contributed by atoms with Crippen molar-refractivity contribution in [2.45, 2.75) is 30.5 Å². The van der Waals surface area contributed by atoms with E-state index in [1.54, 1.807) is 6.07 Å². The van der Waals surface area contributed by atoms with E-state index < -0.39 is 5.97 Å². The highest BCUT2D eigenvalue weighted by molar-refractivity contribution is 14.1. The molecular weight excluding hydrogens is 394 g/mol. The lowest BCUT2D eigenvalue weighted by molar-refractivity contribution is -0.133. The van der Waals surface area contributed by atoms with Gasteiger partial charge in [0.05, 0.1) is 20.4 Å². The molecule has 0 bridgehead atoms. The molecule has 1 N–H and O–H groups in total. The summed E-state index contributed by atoms with van der Waals surface area (Å²) in [5, 5.41) is 9.48. The Bertz CT molecular complexity index is 712. The van der Waals surface area contributed by atoms with Gasteiger partial charge in [-0.2, -0.15) is 0 Å². The zero-order chi connectivity index (χ0) is 14.5. The molecule has 4 nitrogen and oxygen atoms in total. The van der Waals surface area contributed by atoms with Crippen LogP contribution in [0.2, 0.25) is 0 Å². The number of carboxylic acids is 1. The molecule has 0 spiro atoms. The molecule has 0 atom stereocenters. The van der Waals surface area contributed by atoms with Crippen molar-refractivity contribution < 1.29 is 14.3 Å². The number of thioether (sulfide) groups is 1. The monoisotopic (exact) mass is 406 g/mol. The second-order valence-corrected chi connectivity index (χ2v) is 7.27. The number of aromatic nitrogens is 2. The van der Waals surface area contributed by atoms with E-state index in [-0.39, 0.29) is 17.1 Å². The molecule has 0 radical (unpaired) electrons. The van der Waals surface area contributed by atoms with E-state index in [1.165, 1.54) is 17.8 Å². The van der Waals surface area contributed by atoms with Crippen LogP contribution in [0.4, 0.5) is 4.39 Å². The highest BCUT2D eigenvalue weighted by Gasteiger charge is 2.42. The number of imidazole rings is 1. The quantitative estimate of drug-likeness (QED) is 0.624. The second kappa shape index (κ2) is 4.87. The van der Waals surface area contributed by atoms with E-state index >= 15 is 0 Å². The van der Waals surface area contributed by atoms with Gasteiger partial charge in [-0.15, -0.1) is 0 Å². The first-order chi connectivity index (χ1) is 9.40. The number of aliphatic carboxylic acids is 1. The van der Waals surface area contributed by atoms with Crippen LogP contribution in [0.15, 0.2) is 17.3 Å². The number of hydrogen-bond acceptors (Lipinski definition) is 3. The van der Waals surface area contributed by atoms with Crippen molar-refractivity contribution in [2.75, 3.05) is 5.75 Å². The minimum Gasteiger partial charge on any atom is -0.481 e. The highest BCUT2D eigenvalue weighted by atomic mass is 127. The molecule has 1 aliphatic carbocycles. The second-order valence-electron chi connectivity index (χ2n) is 5.16. The summed E-state index contributed by atoms with van der Waals surface area (Å²) in [5.41, 5.74) is 1.40. The van der Waals surface area contributed by atoms with E-state index in [2.05, 4.69) is 11.9 Å². The van der Waals surface area contributed by atoms with Crippen LogP contribution in [0.25, 0.3) is 11.0 Å². The first-order valence-corrected chi connectivity index (χ1v) is 8.20. The maximum atomic E-state index is 13.8. The molecule has 106 valence electrons. The third kappa shape index (κ3) is 2.41. The SMILES string of the molecule is CC1(n2c(SCC(=O)O)nc3cc(I)c(F)cc32)CC1. The smallest absolute Gasteiger partial charge is 0.313 e. The Balaban J connectivity index is 2.15. The van der Waals surface area contributed by atoms with Gasteiger partial charge in [0.2, 0.25) is 0 Å². The fraction of sp³-hybridized carbons (Fsp3) is 0.385. The zero-order valence-electron chi connectivity index (χ0n) is 10.7. The summed E-state index contributed by atoms with van der Waals surface area (Å²) in [6, 6.07) is 3.21. The molecule has 0 amide bonds. The highest BCUT2D eigenvalue weighted by Crippen LogP contribution is 2.47. The summed E-state index contributed by atoms with van der Waals surface area (Å²) < 4.78 is 16.3. The van der Waals surface area contributed by atoms with E-state index in [0.29, 0.717) is 8.73 Å². The van der Waals surface area contributed by atoms with Gasteiger partial charge in [0, 0.05) is 11.6 Å². The molecule has 0 saturated heterocycles. The van der Waals surface area contributed by atoms with Gasteiger partial charge in [0.1, 0.15) is 5.82 Å². The number of rotatable bonds is 4. The van der Waals surface area contributed by atoms with E-state index in [4.69, 9.17) is 5.11 Å². The van der Waals surface area contributed by atoms with Crippen LogP contribution in [0, 0.1) is 9.39 Å². The Morgan fingerprint density at radius 1 is 1.60 bits per heavy atom. The predicted octanol–water partition coefficient (Wildman–Crippen LogP) is 3.47. The number of carbonyl (C=O) groups is 1. The van der Waals surface area contributed by atoms with Crippen LogP contribution in [-0.4, -0.2) is 26.4 Å². The van der Waals surface area contributed by atoms with Gasteiger partial charge in [-0.1, -0.05) is 11.8 Å². The molecular formula is C13H12FIN2O2S. The summed E-state index contributed by atoms with van der Waals surface area (Å²) in [4.78, 5) is 15.2. The van der Waals surface area contributed by atoms with Gasteiger partial charge in [-0.05, 0) is 48.4 Å². The Kier molecular flexibility index (Phi) is 3.44. The Morgan fingerprint density at radius 3 is 2.90 bits per heavy atom. The van der Waals surface area contributed by atoms with Crippen molar-refractivity contribution in [1.82, 2.24) is 9.55 Å². The molecule has 1 aromatic heterocycles. The molecule has 1 heterocycles. The topological polar surface area (TPSA) is 55.1 Å². The molecule has 1 aromatic carbocycles. The van der Waals surface area contributed by atoms with E-state index in [0.717, 1.165) is 23.9 Å². The van der Waals surface area contributed by atoms with Gasteiger partial charge >= 0.3 is 5.97 Å². The van der Waals surface area contributed by atoms with Crippen LogP contribution in [-0.2, 0) is 10.3 Å². The lowest BCUT2D eigenvalue weighted by Crippen LogP contribution is -2.14. The Hall–Kier alpha value is -0.830. The molecule has 20 heavy (non-hydrogen) atoms. The summed E-state index contributed by atoms with van der Waals surface area (Å²) in [5.74, 6) is -1.19. The standard InChI is InChI=1S/C13H12FIN2O2S/c1-13(2-3-13)17-10-4-7(14)8(15)5-9(10)16-12(17)20-6-11(18)19/h4-5H,2-3,6H2,1H3,(H,18,19). The van der Waals surface area contributed by atoms with Crippen molar-refractivity contribution in [3.63, 3.8) is 0 Å². The maximum absolute atomic E-state index is 13.8. The lowest BCUT2D eigenvalue weighted by Gasteiger charge is -2.15. The fourth-order valence-corrected chi connectivity index (χ4v) is 3.51. The molecule has 3 rings (SSSR count). The number of hydrogen-bond donors (Lipinski definition) is 1. The van der Waals surface area contributed by atoms with Gasteiger partial charge in [0.25, 0.3) is 0 Å². The van der Waals surface area contributed by atoms with Crippen LogP contribution < -0.4 is 0 Å².